The molecule has 0 aliphatic rings. The lowest BCUT2D eigenvalue weighted by atomic mass is 10.1. The van der Waals surface area contributed by atoms with Gasteiger partial charge in [-0.2, -0.15) is 0 Å². The minimum absolute atomic E-state index is 0.0496. The molecule has 0 amide bonds. The third kappa shape index (κ3) is 19.5. The van der Waals surface area contributed by atoms with Gasteiger partial charge in [0.25, 0.3) is 0 Å². The maximum atomic E-state index is 11.7. The predicted molar refractivity (Wildman–Crippen MR) is 112 cm³/mol. The maximum Gasteiger partial charge on any atom is 0.306 e. The van der Waals surface area contributed by atoms with Crippen LogP contribution in [0.1, 0.15) is 124 Å². The quantitative estimate of drug-likeness (QED) is 0.183. The Kier molecular flexibility index (Phi) is 18.9. The Morgan fingerprint density at radius 3 is 1.81 bits per heavy atom. The Morgan fingerprint density at radius 1 is 0.667 bits per heavy atom. The van der Waals surface area contributed by atoms with Gasteiger partial charge in [0, 0.05) is 12.8 Å². The number of ether oxygens (including phenoxy) is 2. The van der Waals surface area contributed by atoms with E-state index in [1.54, 1.807) is 0 Å². The molecule has 0 heterocycles. The minimum atomic E-state index is -0.0592. The van der Waals surface area contributed by atoms with Crippen molar-refractivity contribution in [1.29, 1.82) is 0 Å². The Morgan fingerprint density at radius 2 is 1.19 bits per heavy atom. The van der Waals surface area contributed by atoms with Crippen LogP contribution in [0.5, 0.6) is 0 Å². The second-order valence-corrected chi connectivity index (χ2v) is 7.70. The minimum Gasteiger partial charge on any atom is -0.466 e. The third-order valence-electron chi connectivity index (χ3n) is 4.82. The first kappa shape index (κ1) is 25.9. The van der Waals surface area contributed by atoms with Crippen molar-refractivity contribution in [3.8, 4) is 0 Å². The standard InChI is InChI=1S/C23H44O4/c1-4-6-8-13-16-20-26-22(24)18-14-11-9-10-12-15-19-23(25)27-21(3)17-7-5-2/h21H,4-20H2,1-3H3. The fourth-order valence-electron chi connectivity index (χ4n) is 3.04. The number of unbranched alkanes of at least 4 members (excludes halogenated alkanes) is 10. The van der Waals surface area contributed by atoms with Gasteiger partial charge in [-0.1, -0.05) is 78.1 Å². The molecule has 0 saturated heterocycles. The number of carbonyl (C=O) groups is 2. The topological polar surface area (TPSA) is 52.6 Å². The molecule has 0 aliphatic carbocycles. The van der Waals surface area contributed by atoms with Gasteiger partial charge < -0.3 is 9.47 Å². The van der Waals surface area contributed by atoms with E-state index in [4.69, 9.17) is 9.47 Å². The van der Waals surface area contributed by atoms with Crippen molar-refractivity contribution in [1.82, 2.24) is 0 Å². The van der Waals surface area contributed by atoms with Crippen LogP contribution in [0.3, 0.4) is 0 Å². The SMILES string of the molecule is CCCCCCCOC(=O)CCCCCCCCC(=O)OC(C)CCCC. The molecule has 27 heavy (non-hydrogen) atoms. The van der Waals surface area contributed by atoms with Gasteiger partial charge in [-0.3, -0.25) is 9.59 Å². The monoisotopic (exact) mass is 384 g/mol. The lowest BCUT2D eigenvalue weighted by Gasteiger charge is -2.12. The number of carbonyl (C=O) groups excluding carboxylic acids is 2. The average molecular weight is 385 g/mol. The van der Waals surface area contributed by atoms with Crippen LogP contribution in [-0.4, -0.2) is 24.6 Å². The van der Waals surface area contributed by atoms with E-state index in [9.17, 15) is 9.59 Å². The molecule has 0 aromatic heterocycles. The predicted octanol–water partition coefficient (Wildman–Crippen LogP) is 6.74. The van der Waals surface area contributed by atoms with Gasteiger partial charge in [0.05, 0.1) is 12.7 Å². The molecule has 0 N–H and O–H groups in total. The van der Waals surface area contributed by atoms with Crippen molar-refractivity contribution in [3.63, 3.8) is 0 Å². The summed E-state index contributed by atoms with van der Waals surface area (Å²) in [7, 11) is 0. The molecule has 4 heteroatoms. The smallest absolute Gasteiger partial charge is 0.306 e. The molecule has 0 fully saturated rings. The van der Waals surface area contributed by atoms with Gasteiger partial charge in [-0.15, -0.1) is 0 Å². The van der Waals surface area contributed by atoms with Crippen LogP contribution >= 0.6 is 0 Å². The average Bonchev–Trinajstić information content (AvgIpc) is 2.64. The number of hydrogen-bond acceptors (Lipinski definition) is 4. The molecule has 0 bridgehead atoms. The molecule has 0 spiro atoms. The Balaban J connectivity index is 3.34. The molecule has 0 saturated carbocycles. The number of hydrogen-bond donors (Lipinski definition) is 0. The van der Waals surface area contributed by atoms with E-state index in [-0.39, 0.29) is 18.0 Å². The van der Waals surface area contributed by atoms with E-state index < -0.39 is 0 Å². The highest BCUT2D eigenvalue weighted by atomic mass is 16.5. The van der Waals surface area contributed by atoms with Gasteiger partial charge in [-0.05, 0) is 32.6 Å². The van der Waals surface area contributed by atoms with E-state index in [0.717, 1.165) is 70.6 Å². The van der Waals surface area contributed by atoms with Crippen molar-refractivity contribution in [2.24, 2.45) is 0 Å². The van der Waals surface area contributed by atoms with Crippen molar-refractivity contribution in [2.45, 2.75) is 130 Å². The summed E-state index contributed by atoms with van der Waals surface area (Å²) >= 11 is 0. The fraction of sp³-hybridized carbons (Fsp3) is 0.913. The fourth-order valence-corrected chi connectivity index (χ4v) is 3.04. The van der Waals surface area contributed by atoms with Gasteiger partial charge >= 0.3 is 11.9 Å². The summed E-state index contributed by atoms with van der Waals surface area (Å²) in [4.78, 5) is 23.3. The first-order chi connectivity index (χ1) is 13.1. The molecule has 0 radical (unpaired) electrons. The lowest BCUT2D eigenvalue weighted by Crippen LogP contribution is -2.14. The zero-order valence-corrected chi connectivity index (χ0v) is 18.2. The highest BCUT2D eigenvalue weighted by molar-refractivity contribution is 5.69. The Bertz CT molecular complexity index is 354. The molecule has 1 atom stereocenters. The first-order valence-corrected chi connectivity index (χ1v) is 11.4. The number of rotatable bonds is 19. The largest absolute Gasteiger partial charge is 0.466 e. The van der Waals surface area contributed by atoms with Gasteiger partial charge in [0.2, 0.25) is 0 Å². The Hall–Kier alpha value is -1.06. The maximum absolute atomic E-state index is 11.7. The van der Waals surface area contributed by atoms with Crippen LogP contribution in [0.25, 0.3) is 0 Å². The molecule has 0 aliphatic heterocycles. The molecule has 0 aromatic rings. The van der Waals surface area contributed by atoms with Gasteiger partial charge in [-0.25, -0.2) is 0 Å². The lowest BCUT2D eigenvalue weighted by molar-refractivity contribution is -0.148. The highest BCUT2D eigenvalue weighted by Crippen LogP contribution is 2.11. The zero-order chi connectivity index (χ0) is 20.2. The van der Waals surface area contributed by atoms with Gasteiger partial charge in [0.15, 0.2) is 0 Å². The molecular formula is C23H44O4. The summed E-state index contributed by atoms with van der Waals surface area (Å²) in [5.74, 6) is -0.110. The summed E-state index contributed by atoms with van der Waals surface area (Å²) in [6.45, 7) is 6.90. The second-order valence-electron chi connectivity index (χ2n) is 7.70. The van der Waals surface area contributed by atoms with Crippen LogP contribution in [0.15, 0.2) is 0 Å². The molecule has 1 unspecified atom stereocenters. The molecule has 0 aromatic carbocycles. The summed E-state index contributed by atoms with van der Waals surface area (Å²) in [5, 5.41) is 0. The van der Waals surface area contributed by atoms with E-state index >= 15 is 0 Å². The summed E-state index contributed by atoms with van der Waals surface area (Å²) < 4.78 is 10.7. The summed E-state index contributed by atoms with van der Waals surface area (Å²) in [6, 6.07) is 0. The Labute approximate surface area is 167 Å². The van der Waals surface area contributed by atoms with E-state index in [0.29, 0.717) is 19.4 Å². The van der Waals surface area contributed by atoms with Crippen LogP contribution in [0.2, 0.25) is 0 Å². The molecule has 160 valence electrons. The van der Waals surface area contributed by atoms with Crippen LogP contribution in [-0.2, 0) is 19.1 Å². The third-order valence-corrected chi connectivity index (χ3v) is 4.82. The van der Waals surface area contributed by atoms with Crippen molar-refractivity contribution < 1.29 is 19.1 Å². The molecular weight excluding hydrogens is 340 g/mol. The molecule has 4 nitrogen and oxygen atoms in total. The summed E-state index contributed by atoms with van der Waals surface area (Å²) in [5.41, 5.74) is 0. The number of esters is 2. The van der Waals surface area contributed by atoms with Gasteiger partial charge in [0.1, 0.15) is 0 Å². The highest BCUT2D eigenvalue weighted by Gasteiger charge is 2.08. The van der Waals surface area contributed by atoms with Crippen molar-refractivity contribution in [2.75, 3.05) is 6.61 Å². The van der Waals surface area contributed by atoms with E-state index in [1.807, 2.05) is 6.92 Å². The van der Waals surface area contributed by atoms with E-state index in [2.05, 4.69) is 13.8 Å². The molecule has 0 rings (SSSR count). The van der Waals surface area contributed by atoms with Crippen LogP contribution in [0.4, 0.5) is 0 Å². The van der Waals surface area contributed by atoms with Crippen LogP contribution < -0.4 is 0 Å². The summed E-state index contributed by atoms with van der Waals surface area (Å²) in [6.07, 6.45) is 16.4. The van der Waals surface area contributed by atoms with Crippen molar-refractivity contribution >= 4 is 11.9 Å². The van der Waals surface area contributed by atoms with Crippen molar-refractivity contribution in [3.05, 3.63) is 0 Å². The normalized spacial score (nSPS) is 12.0. The first-order valence-electron chi connectivity index (χ1n) is 11.4. The van der Waals surface area contributed by atoms with Crippen LogP contribution in [0, 0.1) is 0 Å². The second kappa shape index (κ2) is 19.7. The zero-order valence-electron chi connectivity index (χ0n) is 18.2. The van der Waals surface area contributed by atoms with E-state index in [1.165, 1.54) is 19.3 Å².